The van der Waals surface area contributed by atoms with Gasteiger partial charge in [0.1, 0.15) is 11.7 Å². The Bertz CT molecular complexity index is 1280. The fraction of sp³-hybridized carbons (Fsp3) is 0.143. The topological polar surface area (TPSA) is 73.3 Å². The van der Waals surface area contributed by atoms with E-state index in [4.69, 9.17) is 9.47 Å². The van der Waals surface area contributed by atoms with Crippen molar-refractivity contribution in [3.63, 3.8) is 0 Å². The van der Waals surface area contributed by atoms with Gasteiger partial charge in [0.15, 0.2) is 6.23 Å². The molecule has 34 heavy (non-hydrogen) atoms. The van der Waals surface area contributed by atoms with E-state index >= 15 is 0 Å². The standard InChI is InChI=1S/C28H24N2O4/c31-25-18-19-30(27(32)29-25)26-17-16-24(34-26)20-33-28(21-10-4-1-5-11-21,22-12-6-2-7-13-22)23-14-8-3-9-15-23/h1-19,24,26H,20H2,(H,29,31,32)/t24-,26+/m0/s1. The van der Waals surface area contributed by atoms with Crippen molar-refractivity contribution < 1.29 is 9.47 Å². The fourth-order valence-electron chi connectivity index (χ4n) is 4.35. The molecule has 170 valence electrons. The lowest BCUT2D eigenvalue weighted by Crippen LogP contribution is -2.36. The summed E-state index contributed by atoms with van der Waals surface area (Å²) in [6.07, 6.45) is 4.12. The first kappa shape index (κ1) is 21.8. The quantitative estimate of drug-likeness (QED) is 0.340. The van der Waals surface area contributed by atoms with Gasteiger partial charge in [0.2, 0.25) is 0 Å². The van der Waals surface area contributed by atoms with Gasteiger partial charge in [-0.25, -0.2) is 4.79 Å². The average Bonchev–Trinajstić information content (AvgIpc) is 3.35. The van der Waals surface area contributed by atoms with Crippen molar-refractivity contribution in [1.29, 1.82) is 0 Å². The second-order valence-corrected chi connectivity index (χ2v) is 8.06. The molecule has 1 aromatic heterocycles. The van der Waals surface area contributed by atoms with Gasteiger partial charge in [-0.05, 0) is 22.8 Å². The Morgan fingerprint density at radius 3 is 1.79 bits per heavy atom. The van der Waals surface area contributed by atoms with Crippen molar-refractivity contribution >= 4 is 0 Å². The maximum atomic E-state index is 12.2. The van der Waals surface area contributed by atoms with Gasteiger partial charge in [0.25, 0.3) is 5.56 Å². The minimum absolute atomic E-state index is 0.254. The van der Waals surface area contributed by atoms with E-state index in [1.165, 1.54) is 16.8 Å². The minimum atomic E-state index is -0.853. The highest BCUT2D eigenvalue weighted by molar-refractivity contribution is 5.47. The number of hydrogen-bond acceptors (Lipinski definition) is 4. The first-order valence-corrected chi connectivity index (χ1v) is 11.1. The summed E-state index contributed by atoms with van der Waals surface area (Å²) in [5, 5.41) is 0. The zero-order valence-electron chi connectivity index (χ0n) is 18.4. The number of benzene rings is 3. The van der Waals surface area contributed by atoms with Crippen LogP contribution in [0.15, 0.2) is 125 Å². The molecule has 0 saturated carbocycles. The molecule has 0 aliphatic carbocycles. The van der Waals surface area contributed by atoms with E-state index in [-0.39, 0.29) is 12.7 Å². The summed E-state index contributed by atoms with van der Waals surface area (Å²) >= 11 is 0. The number of hydrogen-bond donors (Lipinski definition) is 1. The van der Waals surface area contributed by atoms with Crippen LogP contribution in [0.25, 0.3) is 0 Å². The maximum absolute atomic E-state index is 12.2. The smallest absolute Gasteiger partial charge is 0.330 e. The summed E-state index contributed by atoms with van der Waals surface area (Å²) in [4.78, 5) is 25.8. The summed E-state index contributed by atoms with van der Waals surface area (Å²) in [7, 11) is 0. The van der Waals surface area contributed by atoms with Crippen LogP contribution >= 0.6 is 0 Å². The van der Waals surface area contributed by atoms with Gasteiger partial charge < -0.3 is 9.47 Å². The summed E-state index contributed by atoms with van der Waals surface area (Å²) in [6.45, 7) is 0.254. The molecule has 3 aromatic carbocycles. The average molecular weight is 453 g/mol. The van der Waals surface area contributed by atoms with Crippen LogP contribution in [0.2, 0.25) is 0 Å². The van der Waals surface area contributed by atoms with Gasteiger partial charge in [-0.15, -0.1) is 0 Å². The Labute approximate surface area is 196 Å². The molecule has 4 aromatic rings. The van der Waals surface area contributed by atoms with Gasteiger partial charge in [0.05, 0.1) is 6.61 Å². The van der Waals surface area contributed by atoms with Crippen molar-refractivity contribution in [3.8, 4) is 0 Å². The molecule has 0 unspecified atom stereocenters. The third-order valence-electron chi connectivity index (χ3n) is 5.93. The summed E-state index contributed by atoms with van der Waals surface area (Å²) in [5.74, 6) is 0. The molecule has 0 radical (unpaired) electrons. The van der Waals surface area contributed by atoms with E-state index in [0.29, 0.717) is 0 Å². The highest BCUT2D eigenvalue weighted by Crippen LogP contribution is 2.41. The van der Waals surface area contributed by atoms with Gasteiger partial charge in [-0.3, -0.25) is 14.3 Å². The molecule has 1 aliphatic heterocycles. The molecule has 0 bridgehead atoms. The van der Waals surface area contributed by atoms with E-state index in [2.05, 4.69) is 41.4 Å². The number of nitrogens with one attached hydrogen (secondary N) is 1. The number of H-pyrrole nitrogens is 1. The van der Waals surface area contributed by atoms with E-state index in [9.17, 15) is 9.59 Å². The van der Waals surface area contributed by atoms with Gasteiger partial charge in [0, 0.05) is 12.3 Å². The first-order valence-electron chi connectivity index (χ1n) is 11.1. The van der Waals surface area contributed by atoms with Crippen molar-refractivity contribution in [2.45, 2.75) is 17.9 Å². The van der Waals surface area contributed by atoms with E-state index in [1.807, 2.05) is 60.7 Å². The van der Waals surface area contributed by atoms with Crippen molar-refractivity contribution in [1.82, 2.24) is 9.55 Å². The molecule has 6 heteroatoms. The van der Waals surface area contributed by atoms with Crippen molar-refractivity contribution in [2.75, 3.05) is 6.61 Å². The molecule has 1 N–H and O–H groups in total. The zero-order valence-corrected chi connectivity index (χ0v) is 18.4. The van der Waals surface area contributed by atoms with Crippen LogP contribution in [0.1, 0.15) is 22.9 Å². The van der Waals surface area contributed by atoms with Crippen molar-refractivity contribution in [2.24, 2.45) is 0 Å². The molecular formula is C28H24N2O4. The molecule has 2 atom stereocenters. The Morgan fingerprint density at radius 2 is 1.29 bits per heavy atom. The van der Waals surface area contributed by atoms with Crippen molar-refractivity contribution in [3.05, 3.63) is 153 Å². The number of ether oxygens (including phenoxy) is 2. The lowest BCUT2D eigenvalue weighted by atomic mass is 9.80. The SMILES string of the molecule is O=c1ccn([C@H]2C=C[C@@H](COC(c3ccccc3)(c3ccccc3)c3ccccc3)O2)c(=O)[nH]1. The zero-order chi connectivity index (χ0) is 23.4. The molecule has 5 rings (SSSR count). The number of aromatic nitrogens is 2. The van der Waals surface area contributed by atoms with E-state index in [1.54, 1.807) is 6.08 Å². The Morgan fingerprint density at radius 1 is 0.765 bits per heavy atom. The number of nitrogens with zero attached hydrogens (tertiary/aromatic N) is 1. The second-order valence-electron chi connectivity index (χ2n) is 8.06. The van der Waals surface area contributed by atoms with Crippen LogP contribution in [0.5, 0.6) is 0 Å². The lowest BCUT2D eigenvalue weighted by molar-refractivity contribution is -0.0685. The summed E-state index contributed by atoms with van der Waals surface area (Å²) < 4.78 is 14.2. The second kappa shape index (κ2) is 9.47. The lowest BCUT2D eigenvalue weighted by Gasteiger charge is -2.36. The Hall–Kier alpha value is -4.00. The molecule has 6 nitrogen and oxygen atoms in total. The number of aromatic amines is 1. The largest absolute Gasteiger partial charge is 0.358 e. The van der Waals surface area contributed by atoms with Gasteiger partial charge in [-0.1, -0.05) is 97.1 Å². The third kappa shape index (κ3) is 4.17. The number of rotatable bonds is 7. The van der Waals surface area contributed by atoms with Gasteiger partial charge in [-0.2, -0.15) is 0 Å². The minimum Gasteiger partial charge on any atom is -0.358 e. The Kier molecular flexibility index (Phi) is 6.08. The third-order valence-corrected chi connectivity index (χ3v) is 5.93. The first-order chi connectivity index (χ1) is 16.7. The summed E-state index contributed by atoms with van der Waals surface area (Å²) in [6, 6.07) is 31.7. The predicted octanol–water partition coefficient (Wildman–Crippen LogP) is 4.00. The van der Waals surface area contributed by atoms with Crippen LogP contribution in [0, 0.1) is 0 Å². The van der Waals surface area contributed by atoms with Crippen LogP contribution in [0.4, 0.5) is 0 Å². The van der Waals surface area contributed by atoms with Gasteiger partial charge >= 0.3 is 5.69 Å². The fourth-order valence-corrected chi connectivity index (χ4v) is 4.35. The molecule has 1 aliphatic rings. The molecule has 0 spiro atoms. The molecule has 0 amide bonds. The molecule has 0 saturated heterocycles. The van der Waals surface area contributed by atoms with E-state index in [0.717, 1.165) is 16.7 Å². The monoisotopic (exact) mass is 452 g/mol. The maximum Gasteiger partial charge on any atom is 0.330 e. The molecule has 2 heterocycles. The molecule has 0 fully saturated rings. The normalized spacial score (nSPS) is 17.6. The van der Waals surface area contributed by atoms with Crippen LogP contribution < -0.4 is 11.2 Å². The van der Waals surface area contributed by atoms with E-state index < -0.39 is 23.1 Å². The molecular weight excluding hydrogens is 428 g/mol. The van der Waals surface area contributed by atoms with Crippen LogP contribution in [0.3, 0.4) is 0 Å². The highest BCUT2D eigenvalue weighted by Gasteiger charge is 2.38. The summed E-state index contributed by atoms with van der Waals surface area (Å²) in [5.41, 5.74) is 1.19. The predicted molar refractivity (Wildman–Crippen MR) is 130 cm³/mol. The Balaban J connectivity index is 1.48. The van der Waals surface area contributed by atoms with Crippen LogP contribution in [-0.4, -0.2) is 22.3 Å². The highest BCUT2D eigenvalue weighted by atomic mass is 16.6. The van der Waals surface area contributed by atoms with Crippen LogP contribution in [-0.2, 0) is 15.1 Å².